The minimum atomic E-state index is -3.79. The van der Waals surface area contributed by atoms with Gasteiger partial charge in [-0.25, -0.2) is 8.42 Å². The summed E-state index contributed by atoms with van der Waals surface area (Å²) in [6.45, 7) is 4.33. The van der Waals surface area contributed by atoms with E-state index in [0.29, 0.717) is 38.8 Å². The number of sulfonamides is 1. The van der Waals surface area contributed by atoms with Gasteiger partial charge in [0.1, 0.15) is 6.04 Å². The van der Waals surface area contributed by atoms with Crippen LogP contribution >= 0.6 is 0 Å². The molecule has 3 aliphatic rings. The van der Waals surface area contributed by atoms with Gasteiger partial charge in [-0.2, -0.15) is 4.31 Å². The number of hydrogen-bond donors (Lipinski definition) is 0. The Morgan fingerprint density at radius 1 is 1.14 bits per heavy atom. The minimum absolute atomic E-state index is 0.179. The van der Waals surface area contributed by atoms with Gasteiger partial charge in [-0.15, -0.1) is 0 Å². The summed E-state index contributed by atoms with van der Waals surface area (Å²) in [5, 5.41) is 0. The fraction of sp³-hybridized carbons (Fsp3) is 0.550. The van der Waals surface area contributed by atoms with Crippen LogP contribution in [-0.4, -0.2) is 72.0 Å². The number of likely N-dealkylation sites (tertiary alicyclic amines) is 2. The highest BCUT2D eigenvalue weighted by atomic mass is 32.2. The number of benzene rings is 1. The Morgan fingerprint density at radius 2 is 1.83 bits per heavy atom. The van der Waals surface area contributed by atoms with E-state index in [4.69, 9.17) is 0 Å². The molecule has 0 radical (unpaired) electrons. The third kappa shape index (κ3) is 3.07. The second-order valence-corrected chi connectivity index (χ2v) is 10.00. The van der Waals surface area contributed by atoms with Crippen LogP contribution in [0.15, 0.2) is 29.2 Å². The van der Waals surface area contributed by atoms with Crippen LogP contribution < -0.4 is 0 Å². The average molecular weight is 420 g/mol. The largest absolute Gasteiger partial charge is 0.335 e. The van der Waals surface area contributed by atoms with Crippen molar-refractivity contribution in [1.29, 1.82) is 0 Å². The molecule has 0 N–H and O–H groups in total. The number of rotatable bonds is 4. The molecule has 156 valence electrons. The monoisotopic (exact) mass is 419 g/mol. The van der Waals surface area contributed by atoms with Gasteiger partial charge in [0.15, 0.2) is 0 Å². The molecule has 3 heterocycles. The van der Waals surface area contributed by atoms with Gasteiger partial charge in [0, 0.05) is 13.1 Å². The van der Waals surface area contributed by atoms with Gasteiger partial charge in [0.2, 0.25) is 28.2 Å². The average Bonchev–Trinajstić information content (AvgIpc) is 3.40. The van der Waals surface area contributed by atoms with Gasteiger partial charge in [0.05, 0.1) is 22.9 Å². The Balaban J connectivity index is 1.59. The number of hydrogen-bond acceptors (Lipinski definition) is 5. The summed E-state index contributed by atoms with van der Waals surface area (Å²) in [5.41, 5.74) is 0.959. The normalized spacial score (nSPS) is 30.1. The molecule has 0 spiro atoms. The molecule has 3 aliphatic heterocycles. The van der Waals surface area contributed by atoms with Crippen molar-refractivity contribution in [2.24, 2.45) is 5.92 Å². The fourth-order valence-corrected chi connectivity index (χ4v) is 6.60. The van der Waals surface area contributed by atoms with Crippen LogP contribution in [0.25, 0.3) is 0 Å². The zero-order chi connectivity index (χ0) is 20.9. The summed E-state index contributed by atoms with van der Waals surface area (Å²) in [4.78, 5) is 40.0. The smallest absolute Gasteiger partial charge is 0.243 e. The maximum absolute atomic E-state index is 13.4. The summed E-state index contributed by atoms with van der Waals surface area (Å²) >= 11 is 0. The second kappa shape index (κ2) is 7.21. The molecular weight excluding hydrogens is 394 g/mol. The van der Waals surface area contributed by atoms with E-state index in [1.54, 1.807) is 36.1 Å². The lowest BCUT2D eigenvalue weighted by atomic mass is 10.0. The van der Waals surface area contributed by atoms with Crippen LogP contribution in [0.2, 0.25) is 0 Å². The highest BCUT2D eigenvalue weighted by Crippen LogP contribution is 2.37. The standard InChI is InChI=1S/C20H25N3O5S/c1-13-5-7-15(8-6-13)29(27,28)23-10-3-4-17(23)20(26)21-11-9-16-18(21)14(2)19(25)22(16)12-24/h5-8,12,14,16-18H,3-4,9-11H2,1-2H3/t14-,16-,17?,18?/m0/s1. The molecule has 0 saturated carbocycles. The number of fused-ring (bicyclic) bond motifs is 1. The van der Waals surface area contributed by atoms with E-state index in [0.717, 1.165) is 5.56 Å². The van der Waals surface area contributed by atoms with Gasteiger partial charge >= 0.3 is 0 Å². The Morgan fingerprint density at radius 3 is 2.48 bits per heavy atom. The molecule has 8 nitrogen and oxygen atoms in total. The van der Waals surface area contributed by atoms with Gasteiger partial charge in [0.25, 0.3) is 0 Å². The first-order valence-corrected chi connectivity index (χ1v) is 11.4. The van der Waals surface area contributed by atoms with E-state index < -0.39 is 22.0 Å². The third-order valence-corrected chi connectivity index (χ3v) is 8.37. The molecule has 3 fully saturated rings. The first-order valence-electron chi connectivity index (χ1n) is 9.94. The third-order valence-electron chi connectivity index (χ3n) is 6.45. The zero-order valence-corrected chi connectivity index (χ0v) is 17.3. The Kier molecular flexibility index (Phi) is 4.98. The second-order valence-electron chi connectivity index (χ2n) is 8.10. The molecule has 4 atom stereocenters. The summed E-state index contributed by atoms with van der Waals surface area (Å²) in [7, 11) is -3.79. The highest BCUT2D eigenvalue weighted by molar-refractivity contribution is 7.89. The van der Waals surface area contributed by atoms with E-state index >= 15 is 0 Å². The molecule has 0 bridgehead atoms. The summed E-state index contributed by atoms with van der Waals surface area (Å²) in [6.07, 6.45) is 2.14. The van der Waals surface area contributed by atoms with Crippen LogP contribution in [0.5, 0.6) is 0 Å². The Hall–Kier alpha value is -2.26. The van der Waals surface area contributed by atoms with Gasteiger partial charge < -0.3 is 4.90 Å². The van der Waals surface area contributed by atoms with E-state index in [1.165, 1.54) is 9.21 Å². The van der Waals surface area contributed by atoms with E-state index in [2.05, 4.69) is 0 Å². The van der Waals surface area contributed by atoms with Gasteiger partial charge in [-0.1, -0.05) is 24.6 Å². The molecule has 0 aromatic heterocycles. The molecule has 3 saturated heterocycles. The molecule has 1 aromatic rings. The molecular formula is C20H25N3O5S. The number of aryl methyl sites for hydroxylation is 1. The maximum atomic E-state index is 13.4. The van der Waals surface area contributed by atoms with Gasteiger partial charge in [-0.3, -0.25) is 19.3 Å². The van der Waals surface area contributed by atoms with Crippen molar-refractivity contribution in [3.05, 3.63) is 29.8 Å². The lowest BCUT2D eigenvalue weighted by molar-refractivity contribution is -0.138. The number of amides is 3. The van der Waals surface area contributed by atoms with E-state index in [9.17, 15) is 22.8 Å². The Labute approximate surface area is 170 Å². The van der Waals surface area contributed by atoms with Crippen molar-refractivity contribution in [3.63, 3.8) is 0 Å². The van der Waals surface area contributed by atoms with Crippen molar-refractivity contribution >= 4 is 28.2 Å². The van der Waals surface area contributed by atoms with Crippen molar-refractivity contribution < 1.29 is 22.8 Å². The Bertz CT molecular complexity index is 945. The van der Waals surface area contributed by atoms with Gasteiger partial charge in [-0.05, 0) is 38.3 Å². The molecule has 29 heavy (non-hydrogen) atoms. The van der Waals surface area contributed by atoms with Crippen LogP contribution in [0.4, 0.5) is 0 Å². The molecule has 2 unspecified atom stereocenters. The SMILES string of the molecule is Cc1ccc(S(=O)(=O)N2CCCC2C(=O)N2CC[C@H]3C2[C@H](C)C(=O)N3C=O)cc1. The lowest BCUT2D eigenvalue weighted by Crippen LogP contribution is -2.51. The number of carbonyl (C=O) groups is 3. The molecule has 4 rings (SSSR count). The quantitative estimate of drug-likeness (QED) is 0.672. The van der Waals surface area contributed by atoms with Crippen LogP contribution in [0.1, 0.15) is 31.7 Å². The first kappa shape index (κ1) is 20.0. The summed E-state index contributed by atoms with van der Waals surface area (Å²) in [6, 6.07) is 5.14. The summed E-state index contributed by atoms with van der Waals surface area (Å²) in [5.74, 6) is -1.01. The van der Waals surface area contributed by atoms with Crippen LogP contribution in [0, 0.1) is 12.8 Å². The topological polar surface area (TPSA) is 95.1 Å². The predicted molar refractivity (Wildman–Crippen MR) is 104 cm³/mol. The first-order chi connectivity index (χ1) is 13.8. The van der Waals surface area contributed by atoms with Crippen LogP contribution in [-0.2, 0) is 24.4 Å². The molecule has 0 aliphatic carbocycles. The van der Waals surface area contributed by atoms with Crippen LogP contribution in [0.3, 0.4) is 0 Å². The number of carbonyl (C=O) groups excluding carboxylic acids is 3. The van der Waals surface area contributed by atoms with E-state index in [-0.39, 0.29) is 28.8 Å². The lowest BCUT2D eigenvalue weighted by Gasteiger charge is -2.31. The molecule has 3 amide bonds. The molecule has 9 heteroatoms. The van der Waals surface area contributed by atoms with Crippen molar-refractivity contribution in [1.82, 2.24) is 14.1 Å². The van der Waals surface area contributed by atoms with E-state index in [1.807, 2.05) is 6.92 Å². The molecule has 1 aromatic carbocycles. The number of imide groups is 1. The van der Waals surface area contributed by atoms with Crippen molar-refractivity contribution in [2.45, 2.75) is 56.1 Å². The fourth-order valence-electron chi connectivity index (χ4n) is 4.95. The maximum Gasteiger partial charge on any atom is 0.243 e. The highest BCUT2D eigenvalue weighted by Gasteiger charge is 2.55. The summed E-state index contributed by atoms with van der Waals surface area (Å²) < 4.78 is 27.6. The number of nitrogens with zero attached hydrogens (tertiary/aromatic N) is 3. The van der Waals surface area contributed by atoms with Crippen molar-refractivity contribution in [3.8, 4) is 0 Å². The predicted octanol–water partition coefficient (Wildman–Crippen LogP) is 0.752. The zero-order valence-electron chi connectivity index (χ0n) is 16.5. The van der Waals surface area contributed by atoms with Crippen molar-refractivity contribution in [2.75, 3.05) is 13.1 Å². The minimum Gasteiger partial charge on any atom is -0.335 e.